The lowest BCUT2D eigenvalue weighted by molar-refractivity contribution is 0.0199. The van der Waals surface area contributed by atoms with Crippen LogP contribution in [0.1, 0.15) is 49.7 Å². The van der Waals surface area contributed by atoms with E-state index >= 15 is 4.39 Å². The van der Waals surface area contributed by atoms with E-state index in [4.69, 9.17) is 9.72 Å². The second-order valence-corrected chi connectivity index (χ2v) is 11.3. The first-order chi connectivity index (χ1) is 18.6. The Morgan fingerprint density at radius 2 is 1.71 bits per heavy atom. The van der Waals surface area contributed by atoms with Crippen molar-refractivity contribution in [3.8, 4) is 17.3 Å². The molecule has 3 aliphatic heterocycles. The van der Waals surface area contributed by atoms with Gasteiger partial charge in [-0.3, -0.25) is 9.88 Å². The van der Waals surface area contributed by atoms with Crippen LogP contribution in [0, 0.1) is 5.82 Å². The lowest BCUT2D eigenvalue weighted by atomic mass is 9.87. The van der Waals surface area contributed by atoms with E-state index in [0.717, 1.165) is 62.3 Å². The van der Waals surface area contributed by atoms with Crippen LogP contribution in [0.15, 0.2) is 24.4 Å². The van der Waals surface area contributed by atoms with Crippen molar-refractivity contribution < 1.29 is 13.6 Å². The molecule has 0 N–H and O–H groups in total. The number of nitrogens with zero attached hydrogens (tertiary/aromatic N) is 6. The van der Waals surface area contributed by atoms with Gasteiger partial charge in [0.2, 0.25) is 0 Å². The molecule has 0 atom stereocenters. The number of aromatic nitrogens is 3. The molecule has 3 aromatic rings. The Balaban J connectivity index is 1.31. The van der Waals surface area contributed by atoms with Gasteiger partial charge >= 0.3 is 6.01 Å². The minimum absolute atomic E-state index is 0.0311. The molecule has 7 nitrogen and oxygen atoms in total. The number of pyridine rings is 1. The minimum atomic E-state index is -0.444. The number of halogens is 2. The van der Waals surface area contributed by atoms with E-state index in [1.807, 2.05) is 17.0 Å². The second kappa shape index (κ2) is 9.68. The second-order valence-electron chi connectivity index (χ2n) is 11.3. The highest BCUT2D eigenvalue weighted by molar-refractivity contribution is 5.92. The first-order valence-corrected chi connectivity index (χ1v) is 14.1. The number of ether oxygens (including phenoxy) is 1. The molecule has 9 heteroatoms. The quantitative estimate of drug-likeness (QED) is 0.451. The highest BCUT2D eigenvalue weighted by Gasteiger charge is 2.45. The van der Waals surface area contributed by atoms with E-state index in [0.29, 0.717) is 36.6 Å². The first kappa shape index (κ1) is 24.2. The zero-order valence-corrected chi connectivity index (χ0v) is 21.8. The molecule has 0 amide bonds. The van der Waals surface area contributed by atoms with Gasteiger partial charge in [-0.2, -0.15) is 9.97 Å². The Kier molecular flexibility index (Phi) is 6.15. The van der Waals surface area contributed by atoms with Crippen molar-refractivity contribution in [1.82, 2.24) is 25.0 Å². The number of piperazine rings is 1. The molecule has 5 heterocycles. The molecule has 1 aliphatic carbocycles. The number of benzene rings is 1. The van der Waals surface area contributed by atoms with Crippen LogP contribution >= 0.6 is 0 Å². The van der Waals surface area contributed by atoms with E-state index in [1.165, 1.54) is 24.0 Å². The normalized spacial score (nSPS) is 21.6. The summed E-state index contributed by atoms with van der Waals surface area (Å²) in [6.07, 6.45) is 10.4. The van der Waals surface area contributed by atoms with Gasteiger partial charge in [0.25, 0.3) is 0 Å². The maximum Gasteiger partial charge on any atom is 0.319 e. The Morgan fingerprint density at radius 1 is 0.921 bits per heavy atom. The maximum absolute atomic E-state index is 16.4. The van der Waals surface area contributed by atoms with E-state index in [9.17, 15) is 4.48 Å². The highest BCUT2D eigenvalue weighted by atomic mass is 19.2. The number of hydrogen-bond acceptors (Lipinski definition) is 7. The van der Waals surface area contributed by atoms with Crippen LogP contribution in [0.3, 0.4) is 0 Å². The molecular weight excluding hydrogens is 486 g/mol. The van der Waals surface area contributed by atoms with Gasteiger partial charge in [0.15, 0.2) is 5.82 Å². The molecule has 0 unspecified atom stereocenters. The van der Waals surface area contributed by atoms with E-state index in [1.54, 1.807) is 6.20 Å². The summed E-state index contributed by atoms with van der Waals surface area (Å²) in [5.74, 6) is 0.124. The summed E-state index contributed by atoms with van der Waals surface area (Å²) >= 11 is 0. The van der Waals surface area contributed by atoms with Gasteiger partial charge in [-0.05, 0) is 75.6 Å². The number of fused-ring (bicyclic) bond motifs is 3. The average Bonchev–Trinajstić information content (AvgIpc) is 3.53. The van der Waals surface area contributed by atoms with Crippen molar-refractivity contribution in [1.29, 1.82) is 0 Å². The van der Waals surface area contributed by atoms with Crippen molar-refractivity contribution >= 4 is 16.7 Å². The fourth-order valence-electron chi connectivity index (χ4n) is 7.07. The number of aryl methyl sites for hydroxylation is 1. The van der Waals surface area contributed by atoms with Crippen molar-refractivity contribution in [2.75, 3.05) is 50.8 Å². The molecule has 3 fully saturated rings. The van der Waals surface area contributed by atoms with Crippen LogP contribution in [0.5, 0.6) is 6.01 Å². The fraction of sp³-hybridized carbons (Fsp3) is 0.552. The van der Waals surface area contributed by atoms with Crippen LogP contribution in [-0.2, 0) is 12.8 Å². The highest BCUT2D eigenvalue weighted by Crippen LogP contribution is 2.40. The SMILES string of the molecule is Fc1c(-c2cccc3c2CCCC3)ncc2c(N3CCN(F)CC3)nc(OCC34CCCN3CCC4)nc12. The summed E-state index contributed by atoms with van der Waals surface area (Å²) in [6.45, 7) is 4.15. The van der Waals surface area contributed by atoms with Crippen molar-refractivity contribution in [2.24, 2.45) is 0 Å². The molecule has 3 saturated heterocycles. The van der Waals surface area contributed by atoms with E-state index in [-0.39, 0.29) is 30.2 Å². The summed E-state index contributed by atoms with van der Waals surface area (Å²) in [4.78, 5) is 18.5. The van der Waals surface area contributed by atoms with Crippen LogP contribution in [0.25, 0.3) is 22.2 Å². The van der Waals surface area contributed by atoms with E-state index < -0.39 is 5.82 Å². The zero-order chi connectivity index (χ0) is 25.7. The van der Waals surface area contributed by atoms with Crippen molar-refractivity contribution in [3.05, 3.63) is 41.3 Å². The summed E-state index contributed by atoms with van der Waals surface area (Å²) in [7, 11) is 0. The minimum Gasteiger partial charge on any atom is -0.461 e. The van der Waals surface area contributed by atoms with Gasteiger partial charge in [0.05, 0.1) is 10.9 Å². The van der Waals surface area contributed by atoms with E-state index in [2.05, 4.69) is 20.9 Å². The Labute approximate surface area is 221 Å². The smallest absolute Gasteiger partial charge is 0.319 e. The van der Waals surface area contributed by atoms with Gasteiger partial charge in [-0.15, -0.1) is 9.60 Å². The fourth-order valence-corrected chi connectivity index (χ4v) is 7.07. The van der Waals surface area contributed by atoms with Crippen LogP contribution < -0.4 is 9.64 Å². The third-order valence-corrected chi connectivity index (χ3v) is 9.10. The number of hydrogen-bond donors (Lipinski definition) is 0. The molecule has 0 spiro atoms. The maximum atomic E-state index is 16.4. The monoisotopic (exact) mass is 520 g/mol. The zero-order valence-electron chi connectivity index (χ0n) is 21.8. The predicted octanol–water partition coefficient (Wildman–Crippen LogP) is 4.72. The molecule has 38 heavy (non-hydrogen) atoms. The summed E-state index contributed by atoms with van der Waals surface area (Å²) in [5.41, 5.74) is 3.90. The van der Waals surface area contributed by atoms with Crippen LogP contribution in [0.4, 0.5) is 14.7 Å². The van der Waals surface area contributed by atoms with Gasteiger partial charge in [-0.25, -0.2) is 4.39 Å². The Morgan fingerprint density at radius 3 is 2.53 bits per heavy atom. The number of rotatable bonds is 5. The van der Waals surface area contributed by atoms with Gasteiger partial charge < -0.3 is 9.64 Å². The molecule has 2 aromatic heterocycles. The summed E-state index contributed by atoms with van der Waals surface area (Å²) < 4.78 is 36.4. The average molecular weight is 521 g/mol. The molecular formula is C29H34F2N6O. The van der Waals surface area contributed by atoms with Gasteiger partial charge in [0, 0.05) is 37.9 Å². The number of anilines is 1. The van der Waals surface area contributed by atoms with Crippen molar-refractivity contribution in [3.63, 3.8) is 0 Å². The van der Waals surface area contributed by atoms with Crippen molar-refractivity contribution in [2.45, 2.75) is 56.9 Å². The Hall–Kier alpha value is -2.91. The summed E-state index contributed by atoms with van der Waals surface area (Å²) in [6, 6.07) is 6.29. The lowest BCUT2D eigenvalue weighted by Crippen LogP contribution is -2.44. The predicted molar refractivity (Wildman–Crippen MR) is 143 cm³/mol. The third-order valence-electron chi connectivity index (χ3n) is 9.10. The lowest BCUT2D eigenvalue weighted by Gasteiger charge is -2.32. The summed E-state index contributed by atoms with van der Waals surface area (Å²) in [5, 5.41) is 1.35. The van der Waals surface area contributed by atoms with Crippen LogP contribution in [0.2, 0.25) is 0 Å². The standard InChI is InChI=1S/C29H34F2N6O/c30-24-25(22-9-3-7-20-6-1-2-8-21(20)22)32-18-23-26(24)33-28(34-27(23)35-14-16-37(31)17-15-35)38-19-29-10-4-12-36(29)13-5-11-29/h3,7,9,18H,1-2,4-6,8,10-17,19H2. The third kappa shape index (κ3) is 4.11. The van der Waals surface area contributed by atoms with Crippen LogP contribution in [-0.4, -0.2) is 76.4 Å². The topological polar surface area (TPSA) is 57.6 Å². The largest absolute Gasteiger partial charge is 0.461 e. The molecule has 0 radical (unpaired) electrons. The molecule has 7 rings (SSSR count). The molecule has 200 valence electrons. The van der Waals surface area contributed by atoms with Gasteiger partial charge in [0.1, 0.15) is 23.6 Å². The molecule has 0 saturated carbocycles. The first-order valence-electron chi connectivity index (χ1n) is 14.1. The molecule has 1 aromatic carbocycles. The molecule has 0 bridgehead atoms. The Bertz CT molecular complexity index is 1350. The molecule has 4 aliphatic rings. The van der Waals surface area contributed by atoms with Gasteiger partial charge in [-0.1, -0.05) is 18.2 Å².